The number of aryl methyl sites for hydroxylation is 1. The van der Waals surface area contributed by atoms with Crippen LogP contribution in [0.4, 0.5) is 11.6 Å². The molecule has 5 heteroatoms. The molecule has 0 spiro atoms. The van der Waals surface area contributed by atoms with E-state index in [4.69, 9.17) is 0 Å². The molecule has 1 aromatic heterocycles. The van der Waals surface area contributed by atoms with Gasteiger partial charge in [0.25, 0.3) is 5.91 Å². The van der Waals surface area contributed by atoms with Gasteiger partial charge in [-0.3, -0.25) is 4.79 Å². The van der Waals surface area contributed by atoms with Crippen molar-refractivity contribution in [2.75, 3.05) is 11.9 Å². The van der Waals surface area contributed by atoms with E-state index in [-0.39, 0.29) is 5.91 Å². The minimum Gasteiger partial charge on any atom is -0.350 e. The Kier molecular flexibility index (Phi) is 5.90. The second-order valence-corrected chi connectivity index (χ2v) is 6.69. The summed E-state index contributed by atoms with van der Waals surface area (Å²) in [6.07, 6.45) is 1.60. The van der Waals surface area contributed by atoms with Crippen LogP contribution in [0.25, 0.3) is 0 Å². The van der Waals surface area contributed by atoms with Gasteiger partial charge in [0, 0.05) is 18.4 Å². The molecule has 2 rings (SSSR count). The van der Waals surface area contributed by atoms with E-state index in [0.29, 0.717) is 30.0 Å². The molecule has 2 aromatic rings. The molecule has 0 fully saturated rings. The average Bonchev–Trinajstić information content (AvgIpc) is 2.54. The third-order valence-electron chi connectivity index (χ3n) is 3.72. The van der Waals surface area contributed by atoms with Crippen molar-refractivity contribution in [3.05, 3.63) is 47.3 Å². The van der Waals surface area contributed by atoms with E-state index >= 15 is 0 Å². The zero-order chi connectivity index (χ0) is 17.7. The molecule has 24 heavy (non-hydrogen) atoms. The molecule has 0 bridgehead atoms. The Morgan fingerprint density at radius 1 is 1.17 bits per heavy atom. The number of rotatable bonds is 6. The van der Waals surface area contributed by atoms with Gasteiger partial charge in [-0.25, -0.2) is 9.97 Å². The summed E-state index contributed by atoms with van der Waals surface area (Å²) in [5.74, 6) is 1.03. The third kappa shape index (κ3) is 4.54. The third-order valence-corrected chi connectivity index (χ3v) is 3.72. The van der Waals surface area contributed by atoms with Crippen LogP contribution in [-0.4, -0.2) is 22.4 Å². The highest BCUT2D eigenvalue weighted by molar-refractivity contribution is 5.92. The first-order valence-corrected chi connectivity index (χ1v) is 8.36. The zero-order valence-corrected chi connectivity index (χ0v) is 15.1. The number of aromatic nitrogens is 2. The number of anilines is 2. The molecule has 0 aliphatic carbocycles. The van der Waals surface area contributed by atoms with Crippen LogP contribution in [0.3, 0.4) is 0 Å². The highest BCUT2D eigenvalue weighted by Crippen LogP contribution is 2.29. The Hall–Kier alpha value is -2.43. The van der Waals surface area contributed by atoms with Crippen LogP contribution < -0.4 is 10.6 Å². The smallest absolute Gasteiger partial charge is 0.270 e. The van der Waals surface area contributed by atoms with E-state index < -0.39 is 0 Å². The maximum atomic E-state index is 12.2. The van der Waals surface area contributed by atoms with Crippen LogP contribution in [-0.2, 0) is 0 Å². The van der Waals surface area contributed by atoms with Gasteiger partial charge in [-0.2, -0.15) is 0 Å². The molecule has 0 saturated carbocycles. The lowest BCUT2D eigenvalue weighted by Crippen LogP contribution is -2.28. The minimum absolute atomic E-state index is 0.178. The van der Waals surface area contributed by atoms with Gasteiger partial charge >= 0.3 is 0 Å². The molecule has 1 aromatic carbocycles. The second-order valence-electron chi connectivity index (χ2n) is 6.69. The Bertz CT molecular complexity index is 710. The van der Waals surface area contributed by atoms with Gasteiger partial charge in [0.15, 0.2) is 0 Å². The summed E-state index contributed by atoms with van der Waals surface area (Å²) in [5, 5.41) is 6.15. The number of amides is 1. The summed E-state index contributed by atoms with van der Waals surface area (Å²) in [4.78, 5) is 20.8. The molecule has 128 valence electrons. The molecule has 0 unspecified atom stereocenters. The lowest BCUT2D eigenvalue weighted by molar-refractivity contribution is 0.0944. The monoisotopic (exact) mass is 326 g/mol. The summed E-state index contributed by atoms with van der Waals surface area (Å²) in [5.41, 5.74) is 3.70. The first kappa shape index (κ1) is 17.9. The van der Waals surface area contributed by atoms with Gasteiger partial charge in [-0.05, 0) is 36.0 Å². The fourth-order valence-electron chi connectivity index (χ4n) is 2.39. The molecule has 0 radical (unpaired) electrons. The number of nitrogens with zero attached hydrogens (tertiary/aromatic N) is 2. The van der Waals surface area contributed by atoms with Gasteiger partial charge in [0.05, 0.1) is 0 Å². The van der Waals surface area contributed by atoms with Gasteiger partial charge in [-0.1, -0.05) is 45.9 Å². The normalized spacial score (nSPS) is 11.0. The zero-order valence-electron chi connectivity index (χ0n) is 15.1. The molecule has 1 amide bonds. The standard InChI is InChI=1S/C19H26N4O/c1-12(2)11-21-18(24)16-9-10-20-19(22-16)23-17-14(5)7-6-8-15(17)13(3)4/h6-10,12-13H,11H2,1-5H3,(H,21,24)(H,20,22,23). The number of carbonyl (C=O) groups excluding carboxylic acids is 1. The van der Waals surface area contributed by atoms with E-state index in [2.05, 4.69) is 54.4 Å². The van der Waals surface area contributed by atoms with Crippen molar-refractivity contribution < 1.29 is 4.79 Å². The number of carbonyl (C=O) groups is 1. The van der Waals surface area contributed by atoms with Crippen molar-refractivity contribution in [2.24, 2.45) is 5.92 Å². The van der Waals surface area contributed by atoms with E-state index in [9.17, 15) is 4.79 Å². The minimum atomic E-state index is -0.178. The van der Waals surface area contributed by atoms with E-state index in [1.165, 1.54) is 5.56 Å². The van der Waals surface area contributed by atoms with Crippen LogP contribution in [0.15, 0.2) is 30.5 Å². The number of nitrogens with one attached hydrogen (secondary N) is 2. The van der Waals surface area contributed by atoms with Crippen LogP contribution in [0.1, 0.15) is 55.2 Å². The molecular weight excluding hydrogens is 300 g/mol. The second kappa shape index (κ2) is 7.90. The summed E-state index contributed by atoms with van der Waals surface area (Å²) < 4.78 is 0. The van der Waals surface area contributed by atoms with Crippen LogP contribution >= 0.6 is 0 Å². The molecule has 2 N–H and O–H groups in total. The molecular formula is C19H26N4O. The van der Waals surface area contributed by atoms with E-state index in [0.717, 1.165) is 11.3 Å². The molecule has 0 aliphatic heterocycles. The number of hydrogen-bond acceptors (Lipinski definition) is 4. The Morgan fingerprint density at radius 3 is 2.58 bits per heavy atom. The van der Waals surface area contributed by atoms with Crippen molar-refractivity contribution in [3.63, 3.8) is 0 Å². The largest absolute Gasteiger partial charge is 0.350 e. The van der Waals surface area contributed by atoms with Crippen molar-refractivity contribution in [1.29, 1.82) is 0 Å². The lowest BCUT2D eigenvalue weighted by atomic mass is 9.98. The van der Waals surface area contributed by atoms with Crippen LogP contribution in [0, 0.1) is 12.8 Å². The Morgan fingerprint density at radius 2 is 1.92 bits per heavy atom. The van der Waals surface area contributed by atoms with Gasteiger partial charge < -0.3 is 10.6 Å². The molecule has 0 aliphatic rings. The summed E-state index contributed by atoms with van der Waals surface area (Å²) in [7, 11) is 0. The Labute approximate surface area is 143 Å². The predicted octanol–water partition coefficient (Wildman–Crippen LogP) is 4.04. The van der Waals surface area contributed by atoms with E-state index in [1.807, 2.05) is 19.1 Å². The molecule has 0 saturated heterocycles. The maximum Gasteiger partial charge on any atom is 0.270 e. The number of para-hydroxylation sites is 1. The van der Waals surface area contributed by atoms with Crippen molar-refractivity contribution >= 4 is 17.5 Å². The summed E-state index contributed by atoms with van der Waals surface area (Å²) >= 11 is 0. The van der Waals surface area contributed by atoms with Crippen molar-refractivity contribution in [2.45, 2.75) is 40.5 Å². The maximum absolute atomic E-state index is 12.2. The average molecular weight is 326 g/mol. The van der Waals surface area contributed by atoms with Crippen molar-refractivity contribution in [1.82, 2.24) is 15.3 Å². The fourth-order valence-corrected chi connectivity index (χ4v) is 2.39. The quantitative estimate of drug-likeness (QED) is 0.841. The highest BCUT2D eigenvalue weighted by atomic mass is 16.1. The van der Waals surface area contributed by atoms with Crippen LogP contribution in [0.2, 0.25) is 0 Å². The first-order valence-electron chi connectivity index (χ1n) is 8.36. The van der Waals surface area contributed by atoms with E-state index in [1.54, 1.807) is 12.3 Å². The molecule has 1 heterocycles. The number of hydrogen-bond donors (Lipinski definition) is 2. The summed E-state index contributed by atoms with van der Waals surface area (Å²) in [6.45, 7) is 11.1. The SMILES string of the molecule is Cc1cccc(C(C)C)c1Nc1nccc(C(=O)NCC(C)C)n1. The molecule has 5 nitrogen and oxygen atoms in total. The fraction of sp³-hybridized carbons (Fsp3) is 0.421. The topological polar surface area (TPSA) is 66.9 Å². The highest BCUT2D eigenvalue weighted by Gasteiger charge is 2.13. The van der Waals surface area contributed by atoms with Gasteiger partial charge in [-0.15, -0.1) is 0 Å². The number of benzene rings is 1. The predicted molar refractivity (Wildman–Crippen MR) is 97.8 cm³/mol. The van der Waals surface area contributed by atoms with Gasteiger partial charge in [0.1, 0.15) is 5.69 Å². The first-order chi connectivity index (χ1) is 11.4. The molecule has 0 atom stereocenters. The van der Waals surface area contributed by atoms with Crippen LogP contribution in [0.5, 0.6) is 0 Å². The van der Waals surface area contributed by atoms with Crippen molar-refractivity contribution in [3.8, 4) is 0 Å². The Balaban J connectivity index is 2.23. The van der Waals surface area contributed by atoms with Gasteiger partial charge in [0.2, 0.25) is 5.95 Å². The summed E-state index contributed by atoms with van der Waals surface area (Å²) in [6, 6.07) is 7.82. The lowest BCUT2D eigenvalue weighted by Gasteiger charge is -2.16.